The van der Waals surface area contributed by atoms with Crippen molar-refractivity contribution >= 4 is 18.3 Å². The molecule has 2 fully saturated rings. The largest absolute Gasteiger partial charge is 0.338 e. The Labute approximate surface area is 148 Å². The minimum Gasteiger partial charge on any atom is -0.338 e. The lowest BCUT2D eigenvalue weighted by Gasteiger charge is -2.32. The molecule has 0 unspecified atom stereocenters. The number of hydrogen-bond donors (Lipinski definition) is 1. The highest BCUT2D eigenvalue weighted by atomic mass is 35.5. The van der Waals surface area contributed by atoms with Gasteiger partial charge in [0.2, 0.25) is 0 Å². The van der Waals surface area contributed by atoms with E-state index < -0.39 is 5.92 Å². The van der Waals surface area contributed by atoms with E-state index in [0.717, 1.165) is 31.5 Å². The lowest BCUT2D eigenvalue weighted by molar-refractivity contribution is -0.0494. The summed E-state index contributed by atoms with van der Waals surface area (Å²) in [5.74, 6) is -2.24. The second-order valence-corrected chi connectivity index (χ2v) is 6.75. The van der Waals surface area contributed by atoms with Gasteiger partial charge in [-0.25, -0.2) is 8.78 Å². The fourth-order valence-corrected chi connectivity index (χ4v) is 3.49. The van der Waals surface area contributed by atoms with Crippen molar-refractivity contribution in [2.45, 2.75) is 44.4 Å². The molecule has 134 valence electrons. The third-order valence-electron chi connectivity index (χ3n) is 5.08. The van der Waals surface area contributed by atoms with Crippen LogP contribution in [-0.2, 0) is 0 Å². The number of aryl methyl sites for hydroxylation is 1. The van der Waals surface area contributed by atoms with E-state index >= 15 is 0 Å². The number of hydrogen-bond acceptors (Lipinski definition) is 2. The summed E-state index contributed by atoms with van der Waals surface area (Å²) in [5, 5.41) is 3.35. The number of amides is 1. The van der Waals surface area contributed by atoms with Crippen molar-refractivity contribution in [1.82, 2.24) is 10.2 Å². The molecule has 2 aliphatic heterocycles. The van der Waals surface area contributed by atoms with Crippen LogP contribution in [0.2, 0.25) is 0 Å². The molecule has 0 spiro atoms. The van der Waals surface area contributed by atoms with Gasteiger partial charge in [0.1, 0.15) is 0 Å². The number of piperidine rings is 2. The molecule has 6 heteroatoms. The Bertz CT molecular complexity index is 578. The highest BCUT2D eigenvalue weighted by molar-refractivity contribution is 5.96. The van der Waals surface area contributed by atoms with E-state index in [1.807, 2.05) is 19.1 Å². The standard InChI is InChI=1S/C18H24F2N2O.ClH/c1-13-2-3-15(14-4-8-21-9-5-14)12-16(13)17(23)22-10-6-18(19,20)7-11-22;/h2-3,12,14,21H,4-11H2,1H3;1H. The molecule has 0 aromatic heterocycles. The van der Waals surface area contributed by atoms with Crippen molar-refractivity contribution in [2.75, 3.05) is 26.2 Å². The van der Waals surface area contributed by atoms with Crippen molar-refractivity contribution < 1.29 is 13.6 Å². The molecule has 0 bridgehead atoms. The number of halogens is 3. The Hall–Kier alpha value is -1.20. The van der Waals surface area contributed by atoms with E-state index in [0.29, 0.717) is 11.5 Å². The van der Waals surface area contributed by atoms with Crippen molar-refractivity contribution in [3.05, 3.63) is 34.9 Å². The Balaban J connectivity index is 0.00000208. The van der Waals surface area contributed by atoms with Crippen LogP contribution in [0, 0.1) is 6.92 Å². The van der Waals surface area contributed by atoms with Gasteiger partial charge in [0, 0.05) is 31.5 Å². The van der Waals surface area contributed by atoms with E-state index in [1.54, 1.807) is 4.90 Å². The van der Waals surface area contributed by atoms with E-state index in [-0.39, 0.29) is 44.2 Å². The van der Waals surface area contributed by atoms with Crippen LogP contribution in [0.1, 0.15) is 53.1 Å². The molecule has 3 nitrogen and oxygen atoms in total. The number of alkyl halides is 2. The number of likely N-dealkylation sites (tertiary alicyclic amines) is 1. The van der Waals surface area contributed by atoms with Gasteiger partial charge in [-0.15, -0.1) is 12.4 Å². The van der Waals surface area contributed by atoms with Crippen LogP contribution in [0.25, 0.3) is 0 Å². The average molecular weight is 359 g/mol. The zero-order valence-electron chi connectivity index (χ0n) is 14.0. The summed E-state index contributed by atoms with van der Waals surface area (Å²) in [6.45, 7) is 4.20. The highest BCUT2D eigenvalue weighted by Crippen LogP contribution is 2.30. The minimum absolute atomic E-state index is 0. The normalized spacial score (nSPS) is 21.2. The Morgan fingerprint density at radius 2 is 1.83 bits per heavy atom. The lowest BCUT2D eigenvalue weighted by atomic mass is 9.88. The summed E-state index contributed by atoms with van der Waals surface area (Å²) < 4.78 is 26.6. The molecule has 3 rings (SSSR count). The molecule has 1 aromatic carbocycles. The first-order valence-corrected chi connectivity index (χ1v) is 8.45. The number of rotatable bonds is 2. The smallest absolute Gasteiger partial charge is 0.254 e. The number of carbonyl (C=O) groups excluding carboxylic acids is 1. The summed E-state index contributed by atoms with van der Waals surface area (Å²) in [6, 6.07) is 6.08. The molecule has 2 saturated heterocycles. The Morgan fingerprint density at radius 1 is 1.21 bits per heavy atom. The summed E-state index contributed by atoms with van der Waals surface area (Å²) in [7, 11) is 0. The lowest BCUT2D eigenvalue weighted by Crippen LogP contribution is -2.43. The van der Waals surface area contributed by atoms with Gasteiger partial charge >= 0.3 is 0 Å². The maximum atomic E-state index is 13.3. The Morgan fingerprint density at radius 3 is 2.46 bits per heavy atom. The SMILES string of the molecule is Cc1ccc(C2CCNCC2)cc1C(=O)N1CCC(F)(F)CC1.Cl. The van der Waals surface area contributed by atoms with Crippen molar-refractivity contribution in [3.63, 3.8) is 0 Å². The van der Waals surface area contributed by atoms with Gasteiger partial charge in [0.05, 0.1) is 0 Å². The summed E-state index contributed by atoms with van der Waals surface area (Å²) in [4.78, 5) is 14.3. The van der Waals surface area contributed by atoms with E-state index in [2.05, 4.69) is 11.4 Å². The third-order valence-corrected chi connectivity index (χ3v) is 5.08. The number of nitrogens with one attached hydrogen (secondary N) is 1. The van der Waals surface area contributed by atoms with Crippen LogP contribution >= 0.6 is 12.4 Å². The van der Waals surface area contributed by atoms with Gasteiger partial charge in [0.25, 0.3) is 11.8 Å². The van der Waals surface area contributed by atoms with Gasteiger partial charge in [-0.1, -0.05) is 12.1 Å². The fourth-order valence-electron chi connectivity index (χ4n) is 3.49. The second kappa shape index (κ2) is 7.79. The zero-order valence-corrected chi connectivity index (χ0v) is 14.8. The van der Waals surface area contributed by atoms with E-state index in [4.69, 9.17) is 0 Å². The van der Waals surface area contributed by atoms with Gasteiger partial charge in [-0.3, -0.25) is 4.79 Å². The van der Waals surface area contributed by atoms with Crippen molar-refractivity contribution in [3.8, 4) is 0 Å². The molecule has 0 aliphatic carbocycles. The molecule has 1 amide bonds. The summed E-state index contributed by atoms with van der Waals surface area (Å²) in [5.41, 5.74) is 2.79. The summed E-state index contributed by atoms with van der Waals surface area (Å²) >= 11 is 0. The molecule has 2 aliphatic rings. The molecule has 0 radical (unpaired) electrons. The number of benzene rings is 1. The predicted molar refractivity (Wildman–Crippen MR) is 93.4 cm³/mol. The monoisotopic (exact) mass is 358 g/mol. The molecule has 2 heterocycles. The zero-order chi connectivity index (χ0) is 16.4. The van der Waals surface area contributed by atoms with Gasteiger partial charge in [-0.05, 0) is 56.0 Å². The quantitative estimate of drug-likeness (QED) is 0.873. The first-order valence-electron chi connectivity index (χ1n) is 8.45. The van der Waals surface area contributed by atoms with Crippen LogP contribution in [0.3, 0.4) is 0 Å². The third kappa shape index (κ3) is 4.25. The van der Waals surface area contributed by atoms with Crippen LogP contribution < -0.4 is 5.32 Å². The number of nitrogens with zero attached hydrogens (tertiary/aromatic N) is 1. The maximum Gasteiger partial charge on any atom is 0.254 e. The average Bonchev–Trinajstić information content (AvgIpc) is 2.55. The van der Waals surface area contributed by atoms with Crippen LogP contribution in [0.5, 0.6) is 0 Å². The molecule has 1 aromatic rings. The maximum absolute atomic E-state index is 13.3. The molecule has 24 heavy (non-hydrogen) atoms. The molecular weight excluding hydrogens is 334 g/mol. The first-order chi connectivity index (χ1) is 11.0. The molecule has 0 atom stereocenters. The van der Waals surface area contributed by atoms with Gasteiger partial charge in [0.15, 0.2) is 0 Å². The van der Waals surface area contributed by atoms with Gasteiger partial charge < -0.3 is 10.2 Å². The first kappa shape index (κ1) is 19.1. The number of carbonyl (C=O) groups is 1. The predicted octanol–water partition coefficient (Wildman–Crippen LogP) is 3.76. The van der Waals surface area contributed by atoms with E-state index in [9.17, 15) is 13.6 Å². The van der Waals surface area contributed by atoms with Crippen LogP contribution in [0.4, 0.5) is 8.78 Å². The molecule has 0 saturated carbocycles. The van der Waals surface area contributed by atoms with Crippen LogP contribution in [-0.4, -0.2) is 42.9 Å². The van der Waals surface area contributed by atoms with Crippen LogP contribution in [0.15, 0.2) is 18.2 Å². The Kier molecular flexibility index (Phi) is 6.21. The minimum atomic E-state index is -2.62. The second-order valence-electron chi connectivity index (χ2n) is 6.75. The molecular formula is C18H25ClF2N2O. The molecule has 1 N–H and O–H groups in total. The van der Waals surface area contributed by atoms with Gasteiger partial charge in [-0.2, -0.15) is 0 Å². The van der Waals surface area contributed by atoms with Crippen molar-refractivity contribution in [1.29, 1.82) is 0 Å². The fraction of sp³-hybridized carbons (Fsp3) is 0.611. The highest BCUT2D eigenvalue weighted by Gasteiger charge is 2.36. The van der Waals surface area contributed by atoms with E-state index in [1.165, 1.54) is 5.56 Å². The topological polar surface area (TPSA) is 32.3 Å². The van der Waals surface area contributed by atoms with Crippen molar-refractivity contribution in [2.24, 2.45) is 0 Å². The summed E-state index contributed by atoms with van der Waals surface area (Å²) in [6.07, 6.45) is 1.69.